The van der Waals surface area contributed by atoms with E-state index >= 15 is 0 Å². The third kappa shape index (κ3) is 2.05. The molecule has 0 spiro atoms. The molecule has 1 saturated heterocycles. The molecule has 2 aromatic rings. The first kappa shape index (κ1) is 13.8. The molecule has 0 amide bonds. The van der Waals surface area contributed by atoms with Gasteiger partial charge in [0.15, 0.2) is 24.0 Å². The van der Waals surface area contributed by atoms with Crippen LogP contribution in [0.1, 0.15) is 6.23 Å². The maximum atomic E-state index is 10.6. The molecule has 0 aliphatic carbocycles. The Kier molecular flexibility index (Phi) is 3.29. The summed E-state index contributed by atoms with van der Waals surface area (Å²) in [6, 6.07) is 0. The minimum atomic E-state index is -1.55. The van der Waals surface area contributed by atoms with E-state index in [1.54, 1.807) is 0 Å². The number of fused-ring (bicyclic) bond motifs is 1. The van der Waals surface area contributed by atoms with Crippen LogP contribution in [0.4, 0.5) is 5.82 Å². The molecule has 1 fully saturated rings. The number of anilines is 1. The highest BCUT2D eigenvalue weighted by molar-refractivity contribution is 5.81. The van der Waals surface area contributed by atoms with Gasteiger partial charge in [-0.1, -0.05) is 0 Å². The second kappa shape index (κ2) is 5.00. The topological polar surface area (TPSA) is 157 Å². The second-order valence-electron chi connectivity index (χ2n) is 4.68. The Morgan fingerprint density at radius 2 is 2.10 bits per heavy atom. The van der Waals surface area contributed by atoms with Crippen LogP contribution in [-0.2, 0) is 9.53 Å². The average molecular weight is 295 g/mol. The summed E-state index contributed by atoms with van der Waals surface area (Å²) in [6.45, 7) is 0. The van der Waals surface area contributed by atoms with E-state index in [9.17, 15) is 20.1 Å². The van der Waals surface area contributed by atoms with Crippen LogP contribution in [0.2, 0.25) is 0 Å². The number of hydrogen-bond donors (Lipinski definition) is 4. The van der Waals surface area contributed by atoms with Crippen molar-refractivity contribution in [1.29, 1.82) is 0 Å². The van der Waals surface area contributed by atoms with Gasteiger partial charge in [0.25, 0.3) is 0 Å². The van der Waals surface area contributed by atoms with Gasteiger partial charge in [-0.3, -0.25) is 4.57 Å². The molecular weight excluding hydrogens is 282 g/mol. The third-order valence-corrected chi connectivity index (χ3v) is 3.41. The van der Waals surface area contributed by atoms with Gasteiger partial charge in [-0.15, -0.1) is 0 Å². The number of nitrogens with zero attached hydrogens (tertiary/aromatic N) is 4. The van der Waals surface area contributed by atoms with Gasteiger partial charge in [-0.2, -0.15) is 0 Å². The molecule has 21 heavy (non-hydrogen) atoms. The minimum Gasteiger partial charge on any atom is -0.387 e. The summed E-state index contributed by atoms with van der Waals surface area (Å²) in [5.41, 5.74) is 6.29. The molecule has 3 unspecified atom stereocenters. The average Bonchev–Trinajstić information content (AvgIpc) is 3.02. The van der Waals surface area contributed by atoms with Crippen LogP contribution in [0.5, 0.6) is 0 Å². The van der Waals surface area contributed by atoms with E-state index in [0.717, 1.165) is 0 Å². The zero-order chi connectivity index (χ0) is 15.1. The van der Waals surface area contributed by atoms with Gasteiger partial charge in [-0.25, -0.2) is 15.0 Å². The van der Waals surface area contributed by atoms with Crippen molar-refractivity contribution in [2.75, 3.05) is 5.73 Å². The van der Waals surface area contributed by atoms with Gasteiger partial charge >= 0.3 is 0 Å². The molecule has 10 nitrogen and oxygen atoms in total. The summed E-state index contributed by atoms with van der Waals surface area (Å²) in [5, 5.41) is 29.4. The number of ether oxygens (including phenoxy) is 1. The van der Waals surface area contributed by atoms with Crippen LogP contribution >= 0.6 is 0 Å². The number of carbonyl (C=O) groups is 1. The Labute approximate surface area is 117 Å². The lowest BCUT2D eigenvalue weighted by atomic mass is 10.1. The molecule has 5 N–H and O–H groups in total. The summed E-state index contributed by atoms with van der Waals surface area (Å²) in [6.07, 6.45) is -3.84. The third-order valence-electron chi connectivity index (χ3n) is 3.41. The fourth-order valence-electron chi connectivity index (χ4n) is 2.33. The van der Waals surface area contributed by atoms with E-state index < -0.39 is 30.6 Å². The molecule has 1 aliphatic rings. The quantitative estimate of drug-likeness (QED) is 0.452. The van der Waals surface area contributed by atoms with Crippen LogP contribution in [0, 0.1) is 0 Å². The fourth-order valence-corrected chi connectivity index (χ4v) is 2.33. The summed E-state index contributed by atoms with van der Waals surface area (Å²) >= 11 is 0. The molecule has 0 saturated carbocycles. The summed E-state index contributed by atoms with van der Waals surface area (Å²) in [7, 11) is 0. The van der Waals surface area contributed by atoms with Crippen molar-refractivity contribution in [1.82, 2.24) is 19.5 Å². The van der Waals surface area contributed by atoms with Gasteiger partial charge in [0.2, 0.25) is 0 Å². The van der Waals surface area contributed by atoms with Crippen molar-refractivity contribution in [2.45, 2.75) is 30.6 Å². The molecule has 3 heterocycles. The van der Waals surface area contributed by atoms with Crippen molar-refractivity contribution in [3.05, 3.63) is 12.7 Å². The molecule has 0 aromatic carbocycles. The number of aliphatic hydroxyl groups is 3. The lowest BCUT2D eigenvalue weighted by Gasteiger charge is -2.16. The van der Waals surface area contributed by atoms with Crippen molar-refractivity contribution in [2.24, 2.45) is 0 Å². The number of imidazole rings is 1. The Hall–Kier alpha value is -2.14. The van der Waals surface area contributed by atoms with Crippen molar-refractivity contribution in [3.8, 4) is 0 Å². The standard InChI is InChI=1S/C11H13N5O5/c12-9-5-10(14-2-13-9)16(3-15-5)11-7(20)6(19)8(21-11)4(18)1-17/h1-4,6-8,11,18-20H,(H2,12,13,14)/t4?,6?,7?,8-,11-/m1/s1. The Bertz CT molecular complexity index is 676. The molecule has 0 radical (unpaired) electrons. The number of nitrogen functional groups attached to an aromatic ring is 1. The highest BCUT2D eigenvalue weighted by atomic mass is 16.6. The predicted octanol–water partition coefficient (Wildman–Crippen LogP) is -2.41. The van der Waals surface area contributed by atoms with Crippen LogP contribution in [0.25, 0.3) is 11.2 Å². The van der Waals surface area contributed by atoms with Gasteiger partial charge in [0.1, 0.15) is 36.3 Å². The van der Waals surface area contributed by atoms with Crippen LogP contribution in [0.15, 0.2) is 12.7 Å². The fraction of sp³-hybridized carbons (Fsp3) is 0.455. The molecule has 3 rings (SSSR count). The molecule has 112 valence electrons. The predicted molar refractivity (Wildman–Crippen MR) is 67.7 cm³/mol. The van der Waals surface area contributed by atoms with Crippen molar-refractivity contribution < 1.29 is 24.9 Å². The second-order valence-corrected chi connectivity index (χ2v) is 4.68. The van der Waals surface area contributed by atoms with Gasteiger partial charge in [0, 0.05) is 0 Å². The Morgan fingerprint density at radius 3 is 2.81 bits per heavy atom. The van der Waals surface area contributed by atoms with E-state index in [2.05, 4.69) is 15.0 Å². The zero-order valence-corrected chi connectivity index (χ0v) is 10.6. The Morgan fingerprint density at radius 1 is 1.33 bits per heavy atom. The maximum absolute atomic E-state index is 10.6. The lowest BCUT2D eigenvalue weighted by molar-refractivity contribution is -0.129. The highest BCUT2D eigenvalue weighted by Crippen LogP contribution is 2.32. The molecule has 10 heteroatoms. The largest absolute Gasteiger partial charge is 0.387 e. The maximum Gasteiger partial charge on any atom is 0.167 e. The lowest BCUT2D eigenvalue weighted by Crippen LogP contribution is -2.39. The summed E-state index contributed by atoms with van der Waals surface area (Å²) in [5.74, 6) is 0.163. The van der Waals surface area contributed by atoms with Crippen molar-refractivity contribution in [3.63, 3.8) is 0 Å². The van der Waals surface area contributed by atoms with E-state index in [1.165, 1.54) is 17.2 Å². The van der Waals surface area contributed by atoms with Crippen molar-refractivity contribution >= 4 is 23.3 Å². The Balaban J connectivity index is 1.99. The molecular formula is C11H13N5O5. The summed E-state index contributed by atoms with van der Waals surface area (Å²) in [4.78, 5) is 22.4. The first-order valence-corrected chi connectivity index (χ1v) is 6.12. The number of hydrogen-bond acceptors (Lipinski definition) is 9. The molecule has 1 aliphatic heterocycles. The molecule has 5 atom stereocenters. The van der Waals surface area contributed by atoms with Gasteiger partial charge in [0.05, 0.1) is 6.33 Å². The van der Waals surface area contributed by atoms with Gasteiger partial charge < -0.3 is 30.6 Å². The normalized spacial score (nSPS) is 30.6. The first-order valence-electron chi connectivity index (χ1n) is 6.12. The van der Waals surface area contributed by atoms with Crippen LogP contribution in [0.3, 0.4) is 0 Å². The first-order chi connectivity index (χ1) is 10.0. The number of nitrogens with two attached hydrogens (primary N) is 1. The highest BCUT2D eigenvalue weighted by Gasteiger charge is 2.47. The zero-order valence-electron chi connectivity index (χ0n) is 10.6. The minimum absolute atomic E-state index is 0.163. The monoisotopic (exact) mass is 295 g/mol. The number of aldehydes is 1. The van der Waals surface area contributed by atoms with E-state index in [-0.39, 0.29) is 12.1 Å². The number of aromatic nitrogens is 4. The van der Waals surface area contributed by atoms with Gasteiger partial charge in [-0.05, 0) is 0 Å². The number of carbonyl (C=O) groups excluding carboxylic acids is 1. The number of aliphatic hydroxyl groups excluding tert-OH is 3. The van der Waals surface area contributed by atoms with Crippen LogP contribution in [-0.4, -0.2) is 65.5 Å². The van der Waals surface area contributed by atoms with E-state index in [0.29, 0.717) is 11.2 Å². The smallest absolute Gasteiger partial charge is 0.167 e. The SMILES string of the molecule is Nc1ncnc2c1ncn2[C@@H]1O[C@H](C(O)C=O)C(O)C1O. The van der Waals surface area contributed by atoms with Crippen LogP contribution < -0.4 is 5.73 Å². The molecule has 0 bridgehead atoms. The molecule has 2 aromatic heterocycles. The van der Waals surface area contributed by atoms with E-state index in [1.807, 2.05) is 0 Å². The number of rotatable bonds is 3. The van der Waals surface area contributed by atoms with E-state index in [4.69, 9.17) is 10.5 Å². The summed E-state index contributed by atoms with van der Waals surface area (Å²) < 4.78 is 6.73.